The molecule has 1 aliphatic rings. The number of amides is 1. The molecular weight excluding hydrogens is 366 g/mol. The van der Waals surface area contributed by atoms with Crippen LogP contribution in [0.1, 0.15) is 24.4 Å². The molecule has 3 rings (SSSR count). The number of primary sulfonamides is 1. The minimum absolute atomic E-state index is 0.0178. The number of carbonyl (C=O) groups is 1. The van der Waals surface area contributed by atoms with Gasteiger partial charge in [0, 0.05) is 36.5 Å². The van der Waals surface area contributed by atoms with Crippen molar-refractivity contribution in [3.05, 3.63) is 41.9 Å². The average molecular weight is 389 g/mol. The van der Waals surface area contributed by atoms with E-state index in [4.69, 9.17) is 5.14 Å². The van der Waals surface area contributed by atoms with Crippen molar-refractivity contribution in [1.29, 1.82) is 0 Å². The Labute approximate surface area is 158 Å². The summed E-state index contributed by atoms with van der Waals surface area (Å²) in [6.07, 6.45) is 1.45. The Balaban J connectivity index is 1.58. The maximum absolute atomic E-state index is 12.5. The predicted octanol–water partition coefficient (Wildman–Crippen LogP) is 1.60. The molecule has 0 atom stereocenters. The lowest BCUT2D eigenvalue weighted by Gasteiger charge is -2.32. The maximum Gasteiger partial charge on any atom is 0.238 e. The average Bonchev–Trinajstić information content (AvgIpc) is 2.61. The van der Waals surface area contributed by atoms with Crippen LogP contribution in [0.4, 0.5) is 11.5 Å². The lowest BCUT2D eigenvalue weighted by Crippen LogP contribution is -2.38. The van der Waals surface area contributed by atoms with Gasteiger partial charge in [-0.05, 0) is 51.0 Å². The first-order valence-electron chi connectivity index (χ1n) is 8.73. The molecule has 1 aromatic carbocycles. The standard InChI is InChI=1S/C18H23N5O3S/c1-12-11-17(21-13(2)20-12)23-9-7-14(8-10-23)18(24)22-15-3-5-16(6-4-15)27(19,25)26/h3-6,11,14H,7-10H2,1-2H3,(H,22,24)(H2,19,25,26). The van der Waals surface area contributed by atoms with E-state index in [9.17, 15) is 13.2 Å². The van der Waals surface area contributed by atoms with E-state index in [2.05, 4.69) is 20.2 Å². The molecule has 0 aliphatic carbocycles. The molecule has 3 N–H and O–H groups in total. The highest BCUT2D eigenvalue weighted by molar-refractivity contribution is 7.89. The van der Waals surface area contributed by atoms with E-state index in [0.29, 0.717) is 5.69 Å². The number of anilines is 2. The second kappa shape index (κ2) is 7.61. The number of carbonyl (C=O) groups excluding carboxylic acids is 1. The number of hydrogen-bond donors (Lipinski definition) is 2. The predicted molar refractivity (Wildman–Crippen MR) is 103 cm³/mol. The number of nitrogens with two attached hydrogens (primary N) is 1. The number of aryl methyl sites for hydroxylation is 2. The summed E-state index contributed by atoms with van der Waals surface area (Å²) in [5, 5.41) is 7.92. The monoisotopic (exact) mass is 389 g/mol. The zero-order valence-corrected chi connectivity index (χ0v) is 16.2. The fourth-order valence-corrected chi connectivity index (χ4v) is 3.72. The summed E-state index contributed by atoms with van der Waals surface area (Å²) in [6.45, 7) is 5.31. The first-order chi connectivity index (χ1) is 12.7. The van der Waals surface area contributed by atoms with Gasteiger partial charge in [-0.3, -0.25) is 4.79 Å². The quantitative estimate of drug-likeness (QED) is 0.820. The van der Waals surface area contributed by atoms with Crippen molar-refractivity contribution in [3.8, 4) is 0 Å². The van der Waals surface area contributed by atoms with Gasteiger partial charge in [0.1, 0.15) is 11.6 Å². The van der Waals surface area contributed by atoms with Crippen LogP contribution >= 0.6 is 0 Å². The summed E-state index contributed by atoms with van der Waals surface area (Å²) in [4.78, 5) is 23.5. The molecule has 9 heteroatoms. The lowest BCUT2D eigenvalue weighted by molar-refractivity contribution is -0.120. The van der Waals surface area contributed by atoms with Crippen LogP contribution in [-0.4, -0.2) is 37.4 Å². The zero-order chi connectivity index (χ0) is 19.6. The fraction of sp³-hybridized carbons (Fsp3) is 0.389. The number of aromatic nitrogens is 2. The number of nitrogens with one attached hydrogen (secondary N) is 1. The van der Waals surface area contributed by atoms with Crippen molar-refractivity contribution in [2.75, 3.05) is 23.3 Å². The van der Waals surface area contributed by atoms with E-state index < -0.39 is 10.0 Å². The summed E-state index contributed by atoms with van der Waals surface area (Å²) >= 11 is 0. The van der Waals surface area contributed by atoms with Crippen molar-refractivity contribution in [2.45, 2.75) is 31.6 Å². The Hall–Kier alpha value is -2.52. The first-order valence-corrected chi connectivity index (χ1v) is 10.3. The molecule has 144 valence electrons. The molecule has 1 amide bonds. The highest BCUT2D eigenvalue weighted by Gasteiger charge is 2.26. The van der Waals surface area contributed by atoms with Crippen LogP contribution in [-0.2, 0) is 14.8 Å². The van der Waals surface area contributed by atoms with Crippen molar-refractivity contribution in [1.82, 2.24) is 9.97 Å². The zero-order valence-electron chi connectivity index (χ0n) is 15.3. The van der Waals surface area contributed by atoms with Gasteiger partial charge in [0.15, 0.2) is 0 Å². The normalized spacial score (nSPS) is 15.6. The third-order valence-corrected chi connectivity index (χ3v) is 5.52. The number of piperidine rings is 1. The molecular formula is C18H23N5O3S. The Bertz CT molecular complexity index is 916. The Morgan fingerprint density at radius 3 is 2.33 bits per heavy atom. The molecule has 27 heavy (non-hydrogen) atoms. The van der Waals surface area contributed by atoms with Gasteiger partial charge < -0.3 is 10.2 Å². The number of nitrogens with zero attached hydrogens (tertiary/aromatic N) is 3. The summed E-state index contributed by atoms with van der Waals surface area (Å²) in [6, 6.07) is 7.81. The molecule has 0 radical (unpaired) electrons. The number of benzene rings is 1. The van der Waals surface area contributed by atoms with E-state index in [1.54, 1.807) is 12.1 Å². The topological polar surface area (TPSA) is 118 Å². The van der Waals surface area contributed by atoms with Gasteiger partial charge in [-0.25, -0.2) is 23.5 Å². The summed E-state index contributed by atoms with van der Waals surface area (Å²) in [7, 11) is -3.74. The van der Waals surface area contributed by atoms with Crippen LogP contribution in [0.2, 0.25) is 0 Å². The highest BCUT2D eigenvalue weighted by atomic mass is 32.2. The van der Waals surface area contributed by atoms with Crippen LogP contribution in [0, 0.1) is 19.8 Å². The van der Waals surface area contributed by atoms with Gasteiger partial charge >= 0.3 is 0 Å². The first kappa shape index (κ1) is 19.2. The molecule has 2 aromatic rings. The minimum atomic E-state index is -3.74. The number of hydrogen-bond acceptors (Lipinski definition) is 6. The molecule has 0 unspecified atom stereocenters. The van der Waals surface area contributed by atoms with Crippen LogP contribution in [0.5, 0.6) is 0 Å². The molecule has 0 bridgehead atoms. The minimum Gasteiger partial charge on any atom is -0.356 e. The van der Waals surface area contributed by atoms with Crippen LogP contribution < -0.4 is 15.4 Å². The fourth-order valence-electron chi connectivity index (χ4n) is 3.20. The smallest absolute Gasteiger partial charge is 0.238 e. The Kier molecular flexibility index (Phi) is 5.43. The highest BCUT2D eigenvalue weighted by Crippen LogP contribution is 2.24. The largest absolute Gasteiger partial charge is 0.356 e. The van der Waals surface area contributed by atoms with Gasteiger partial charge in [-0.2, -0.15) is 0 Å². The Morgan fingerprint density at radius 1 is 1.15 bits per heavy atom. The van der Waals surface area contributed by atoms with Crippen molar-refractivity contribution >= 4 is 27.4 Å². The van der Waals surface area contributed by atoms with Crippen molar-refractivity contribution < 1.29 is 13.2 Å². The summed E-state index contributed by atoms with van der Waals surface area (Å²) < 4.78 is 22.6. The van der Waals surface area contributed by atoms with Crippen molar-refractivity contribution in [3.63, 3.8) is 0 Å². The van der Waals surface area contributed by atoms with Crippen LogP contribution in [0.15, 0.2) is 35.2 Å². The lowest BCUT2D eigenvalue weighted by atomic mass is 9.95. The van der Waals surface area contributed by atoms with Gasteiger partial charge in [-0.15, -0.1) is 0 Å². The van der Waals surface area contributed by atoms with Crippen LogP contribution in [0.25, 0.3) is 0 Å². The number of sulfonamides is 1. The second-order valence-electron chi connectivity index (χ2n) is 6.73. The molecule has 2 heterocycles. The number of rotatable bonds is 4. The third kappa shape index (κ3) is 4.81. The SMILES string of the molecule is Cc1cc(N2CCC(C(=O)Nc3ccc(S(N)(=O)=O)cc3)CC2)nc(C)n1. The van der Waals surface area contributed by atoms with Gasteiger partial charge in [-0.1, -0.05) is 0 Å². The molecule has 0 saturated carbocycles. The van der Waals surface area contributed by atoms with E-state index >= 15 is 0 Å². The van der Waals surface area contributed by atoms with Gasteiger partial charge in [0.25, 0.3) is 0 Å². The van der Waals surface area contributed by atoms with E-state index in [0.717, 1.165) is 43.3 Å². The Morgan fingerprint density at radius 2 is 1.78 bits per heavy atom. The molecule has 8 nitrogen and oxygen atoms in total. The van der Waals surface area contributed by atoms with E-state index in [-0.39, 0.29) is 16.7 Å². The van der Waals surface area contributed by atoms with Crippen molar-refractivity contribution in [2.24, 2.45) is 11.1 Å². The molecule has 1 aliphatic heterocycles. The van der Waals surface area contributed by atoms with Crippen LogP contribution in [0.3, 0.4) is 0 Å². The molecule has 0 spiro atoms. The van der Waals surface area contributed by atoms with Gasteiger partial charge in [0.05, 0.1) is 4.90 Å². The second-order valence-corrected chi connectivity index (χ2v) is 8.30. The van der Waals surface area contributed by atoms with Gasteiger partial charge in [0.2, 0.25) is 15.9 Å². The molecule has 1 saturated heterocycles. The van der Waals surface area contributed by atoms with E-state index in [1.165, 1.54) is 12.1 Å². The summed E-state index contributed by atoms with van der Waals surface area (Å²) in [5.74, 6) is 1.49. The van der Waals surface area contributed by atoms with E-state index in [1.807, 2.05) is 19.9 Å². The third-order valence-electron chi connectivity index (χ3n) is 4.59. The molecule has 1 fully saturated rings. The maximum atomic E-state index is 12.5. The summed E-state index contributed by atoms with van der Waals surface area (Å²) in [5.41, 5.74) is 1.48. The molecule has 1 aromatic heterocycles.